The minimum Gasteiger partial charge on any atom is -0.493 e. The van der Waals surface area contributed by atoms with Crippen molar-refractivity contribution in [1.82, 2.24) is 4.98 Å². The monoisotopic (exact) mass is 420 g/mol. The van der Waals surface area contributed by atoms with Crippen LogP contribution in [0.2, 0.25) is 10.0 Å². The highest BCUT2D eigenvalue weighted by Crippen LogP contribution is 2.47. The number of benzene rings is 1. The van der Waals surface area contributed by atoms with Crippen LogP contribution >= 0.6 is 23.2 Å². The zero-order valence-corrected chi connectivity index (χ0v) is 17.3. The first-order valence-corrected chi connectivity index (χ1v) is 10.2. The Morgan fingerprint density at radius 1 is 1.14 bits per heavy atom. The van der Waals surface area contributed by atoms with Gasteiger partial charge in [-0.15, -0.1) is 0 Å². The van der Waals surface area contributed by atoms with Crippen LogP contribution in [-0.4, -0.2) is 30.0 Å². The smallest absolute Gasteiger partial charge is 0.185 e. The molecular weight excluding hydrogens is 399 g/mol. The number of nitrogens with one attached hydrogen (secondary N) is 1. The van der Waals surface area contributed by atoms with Gasteiger partial charge >= 0.3 is 0 Å². The zero-order chi connectivity index (χ0) is 19.8. The van der Waals surface area contributed by atoms with E-state index in [1.807, 2.05) is 6.92 Å². The number of aromatic nitrogens is 1. The molecule has 2 unspecified atom stereocenters. The summed E-state index contributed by atoms with van der Waals surface area (Å²) in [5.74, 6) is 0.674. The summed E-state index contributed by atoms with van der Waals surface area (Å²) in [5.41, 5.74) is 1.84. The van der Waals surface area contributed by atoms with Gasteiger partial charge in [0, 0.05) is 29.6 Å². The van der Waals surface area contributed by atoms with Crippen LogP contribution in [-0.2, 0) is 0 Å². The van der Waals surface area contributed by atoms with Crippen molar-refractivity contribution in [3.8, 4) is 11.5 Å². The Labute approximate surface area is 174 Å². The van der Waals surface area contributed by atoms with Crippen LogP contribution < -0.4 is 14.8 Å². The third-order valence-corrected chi connectivity index (χ3v) is 6.15. The highest BCUT2D eigenvalue weighted by Gasteiger charge is 2.39. The Balaban J connectivity index is 1.78. The van der Waals surface area contributed by atoms with Crippen LogP contribution in [0.4, 0.5) is 5.69 Å². The minimum atomic E-state index is -0.511. The molecular formula is C21H22Cl2N2O3. The summed E-state index contributed by atoms with van der Waals surface area (Å²) in [4.78, 5) is 17.4. The van der Waals surface area contributed by atoms with Gasteiger partial charge in [-0.25, -0.2) is 0 Å². The number of Topliss-reactive ketones (excluding diaryl/α,β-unsaturated/α-hetero) is 1. The molecule has 0 amide bonds. The van der Waals surface area contributed by atoms with Gasteiger partial charge in [-0.1, -0.05) is 23.2 Å². The maximum atomic E-state index is 13.4. The third-order valence-electron chi connectivity index (χ3n) is 5.55. The lowest BCUT2D eigenvalue weighted by atomic mass is 9.81. The first kappa shape index (κ1) is 19.3. The normalized spacial score (nSPS) is 21.9. The molecule has 2 aliphatic rings. The zero-order valence-electron chi connectivity index (χ0n) is 15.8. The van der Waals surface area contributed by atoms with Gasteiger partial charge in [0.2, 0.25) is 0 Å². The molecule has 1 aromatic carbocycles. The van der Waals surface area contributed by atoms with E-state index >= 15 is 0 Å². The first-order chi connectivity index (χ1) is 13.5. The first-order valence-electron chi connectivity index (χ1n) is 9.48. The topological polar surface area (TPSA) is 60.5 Å². The van der Waals surface area contributed by atoms with Crippen LogP contribution in [0.3, 0.4) is 0 Å². The number of halogens is 2. The largest absolute Gasteiger partial charge is 0.493 e. The molecule has 1 aliphatic heterocycles. The highest BCUT2D eigenvalue weighted by atomic mass is 35.5. The van der Waals surface area contributed by atoms with Crippen LogP contribution in [0.1, 0.15) is 54.4 Å². The molecule has 1 aromatic heterocycles. The maximum Gasteiger partial charge on any atom is 0.185 e. The minimum absolute atomic E-state index is 0.0461. The van der Waals surface area contributed by atoms with Gasteiger partial charge in [-0.05, 0) is 44.7 Å². The van der Waals surface area contributed by atoms with Gasteiger partial charge in [0.05, 0.1) is 34.9 Å². The molecule has 28 heavy (non-hydrogen) atoms. The quantitative estimate of drug-likeness (QED) is 0.707. The lowest BCUT2D eigenvalue weighted by Crippen LogP contribution is -2.36. The van der Waals surface area contributed by atoms with Crippen LogP contribution in [0, 0.1) is 0 Å². The number of carbonyl (C=O) groups is 1. The van der Waals surface area contributed by atoms with E-state index in [9.17, 15) is 4.79 Å². The molecule has 0 bridgehead atoms. The molecule has 148 valence electrons. The second-order valence-electron chi connectivity index (χ2n) is 7.34. The van der Waals surface area contributed by atoms with Crippen molar-refractivity contribution in [2.75, 3.05) is 12.4 Å². The fourth-order valence-electron chi connectivity index (χ4n) is 4.17. The van der Waals surface area contributed by atoms with E-state index < -0.39 is 5.92 Å². The summed E-state index contributed by atoms with van der Waals surface area (Å²) in [6, 6.07) is 3.33. The van der Waals surface area contributed by atoms with Crippen molar-refractivity contribution in [3.05, 3.63) is 45.7 Å². The molecule has 1 saturated carbocycles. The molecule has 1 fully saturated rings. The number of fused-ring (bicyclic) bond motifs is 1. The van der Waals surface area contributed by atoms with Crippen LogP contribution in [0.5, 0.6) is 11.5 Å². The van der Waals surface area contributed by atoms with Crippen molar-refractivity contribution in [1.29, 1.82) is 0 Å². The number of anilines is 1. The van der Waals surface area contributed by atoms with E-state index in [0.717, 1.165) is 25.7 Å². The van der Waals surface area contributed by atoms with Crippen molar-refractivity contribution in [3.63, 3.8) is 0 Å². The lowest BCUT2D eigenvalue weighted by molar-refractivity contribution is 0.0946. The molecule has 2 aromatic rings. The molecule has 0 radical (unpaired) electrons. The second-order valence-corrected chi connectivity index (χ2v) is 8.15. The van der Waals surface area contributed by atoms with Gasteiger partial charge in [-0.2, -0.15) is 0 Å². The maximum absolute atomic E-state index is 13.4. The van der Waals surface area contributed by atoms with Gasteiger partial charge < -0.3 is 14.8 Å². The van der Waals surface area contributed by atoms with E-state index in [1.54, 1.807) is 19.2 Å². The van der Waals surface area contributed by atoms with Crippen molar-refractivity contribution >= 4 is 34.7 Å². The number of pyridine rings is 1. The fraction of sp³-hybridized carbons (Fsp3) is 0.429. The molecule has 1 N–H and O–H groups in total. The number of carbonyl (C=O) groups excluding carboxylic acids is 1. The average Bonchev–Trinajstić information content (AvgIpc) is 3.18. The van der Waals surface area contributed by atoms with Gasteiger partial charge in [0.15, 0.2) is 17.3 Å². The number of hydrogen-bond acceptors (Lipinski definition) is 5. The van der Waals surface area contributed by atoms with E-state index in [4.69, 9.17) is 32.7 Å². The van der Waals surface area contributed by atoms with Gasteiger partial charge in [0.25, 0.3) is 0 Å². The Morgan fingerprint density at radius 3 is 2.46 bits per heavy atom. The predicted octanol–water partition coefficient (Wildman–Crippen LogP) is 5.50. The summed E-state index contributed by atoms with van der Waals surface area (Å²) in [7, 11) is 1.61. The number of methoxy groups -OCH3 is 1. The summed E-state index contributed by atoms with van der Waals surface area (Å²) in [6.45, 7) is 1.94. The lowest BCUT2D eigenvalue weighted by Gasteiger charge is -2.34. The summed E-state index contributed by atoms with van der Waals surface area (Å²) >= 11 is 12.7. The Morgan fingerprint density at radius 2 is 1.82 bits per heavy atom. The number of rotatable bonds is 4. The summed E-state index contributed by atoms with van der Waals surface area (Å²) < 4.78 is 11.8. The Bertz CT molecular complexity index is 893. The van der Waals surface area contributed by atoms with Gasteiger partial charge in [-0.3, -0.25) is 9.78 Å². The average molecular weight is 421 g/mol. The molecule has 7 heteroatoms. The molecule has 2 heterocycles. The van der Waals surface area contributed by atoms with E-state index in [-0.39, 0.29) is 17.9 Å². The van der Waals surface area contributed by atoms with Crippen LogP contribution in [0.15, 0.2) is 24.5 Å². The third kappa shape index (κ3) is 3.31. The number of hydrogen-bond donors (Lipinski definition) is 1. The van der Waals surface area contributed by atoms with E-state index in [1.165, 1.54) is 12.4 Å². The number of ether oxygens (including phenoxy) is 2. The molecule has 5 nitrogen and oxygen atoms in total. The number of nitrogens with zero attached hydrogens (tertiary/aromatic N) is 1. The van der Waals surface area contributed by atoms with Gasteiger partial charge in [0.1, 0.15) is 0 Å². The van der Waals surface area contributed by atoms with Crippen LogP contribution in [0.25, 0.3) is 0 Å². The molecule has 0 spiro atoms. The molecule has 0 saturated heterocycles. The summed E-state index contributed by atoms with van der Waals surface area (Å²) in [6.07, 6.45) is 7.52. The Hall–Kier alpha value is -1.98. The van der Waals surface area contributed by atoms with E-state index in [0.29, 0.717) is 38.4 Å². The van der Waals surface area contributed by atoms with E-state index in [2.05, 4.69) is 10.3 Å². The second kappa shape index (κ2) is 7.80. The summed E-state index contributed by atoms with van der Waals surface area (Å²) in [5, 5.41) is 4.22. The fourth-order valence-corrected chi connectivity index (χ4v) is 4.77. The predicted molar refractivity (Wildman–Crippen MR) is 110 cm³/mol. The van der Waals surface area contributed by atoms with Crippen molar-refractivity contribution < 1.29 is 14.3 Å². The van der Waals surface area contributed by atoms with Crippen molar-refractivity contribution in [2.24, 2.45) is 0 Å². The standard InChI is InChI=1S/C21H22Cl2N2O3/c1-11-17(18-14(22)9-24-10-15(18)23)20(26)13-7-8-16(27-2)21(19(13)25-11)28-12-5-3-4-6-12/h7-12,17,25H,3-6H2,1-2H3. The SMILES string of the molecule is COc1ccc2c(c1OC1CCCC1)NC(C)C(c1c(Cl)cncc1Cl)C2=O. The molecule has 1 aliphatic carbocycles. The Kier molecular flexibility index (Phi) is 5.39. The molecule has 4 rings (SSSR count). The van der Waals surface area contributed by atoms with Crippen molar-refractivity contribution in [2.45, 2.75) is 50.7 Å². The highest BCUT2D eigenvalue weighted by molar-refractivity contribution is 6.36. The number of ketones is 1. The molecule has 2 atom stereocenters.